The van der Waals surface area contributed by atoms with Crippen LogP contribution in [0.1, 0.15) is 30.7 Å². The largest absolute Gasteiger partial charge is 0.495 e. The molecule has 0 saturated carbocycles. The molecular weight excluding hydrogens is 419 g/mol. The van der Waals surface area contributed by atoms with Gasteiger partial charge in [0.15, 0.2) is 0 Å². The molecule has 6 nitrogen and oxygen atoms in total. The van der Waals surface area contributed by atoms with Crippen molar-refractivity contribution in [1.82, 2.24) is 14.5 Å². The lowest BCUT2D eigenvalue weighted by Gasteiger charge is -2.41. The number of nitrogens with zero attached hydrogens (tertiary/aromatic N) is 3. The first-order chi connectivity index (χ1) is 15.7. The van der Waals surface area contributed by atoms with Crippen molar-refractivity contribution in [3.63, 3.8) is 0 Å². The first-order valence-corrected chi connectivity index (χ1v) is 10.5. The average molecular weight is 449 g/mol. The van der Waals surface area contributed by atoms with E-state index in [0.29, 0.717) is 11.4 Å². The summed E-state index contributed by atoms with van der Waals surface area (Å²) in [7, 11) is 1.61. The number of ether oxygens (including phenoxy) is 1. The first-order valence-electron chi connectivity index (χ1n) is 10.5. The van der Waals surface area contributed by atoms with E-state index in [2.05, 4.69) is 11.6 Å². The fraction of sp³-hybridized carbons (Fsp3) is 0.231. The number of carbonyl (C=O) groups excluding carboxylic acids is 1. The minimum Gasteiger partial charge on any atom is -0.495 e. The number of hydrogen-bond donors (Lipinski definition) is 1. The lowest BCUT2D eigenvalue weighted by Crippen LogP contribution is -2.50. The molecule has 3 aromatic rings. The standard InChI is InChI=1S/C26H29FN4O2/c1-18-15-30(17-29-18)24-13-8-21(14-25(24)33-5)7-6-19(2)31(20(3)32)26(4,16-28)22-9-11-23(27)12-10-22/h6-15,17H,2,16,28H2,1,3-5H3/b7-6+. The monoisotopic (exact) mass is 448 g/mol. The van der Waals surface area contributed by atoms with Crippen molar-refractivity contribution in [2.24, 2.45) is 5.73 Å². The number of rotatable bonds is 8. The number of nitrogens with two attached hydrogens (primary N) is 1. The van der Waals surface area contributed by atoms with E-state index >= 15 is 0 Å². The number of benzene rings is 2. The molecule has 0 aliphatic heterocycles. The molecule has 0 aliphatic rings. The van der Waals surface area contributed by atoms with Gasteiger partial charge in [-0.15, -0.1) is 0 Å². The predicted molar refractivity (Wildman–Crippen MR) is 128 cm³/mol. The summed E-state index contributed by atoms with van der Waals surface area (Å²) < 4.78 is 20.9. The quantitative estimate of drug-likeness (QED) is 0.512. The third-order valence-corrected chi connectivity index (χ3v) is 5.62. The van der Waals surface area contributed by atoms with Gasteiger partial charge in [0.25, 0.3) is 0 Å². The highest BCUT2D eigenvalue weighted by Crippen LogP contribution is 2.32. The Morgan fingerprint density at radius 1 is 1.30 bits per heavy atom. The van der Waals surface area contributed by atoms with Crippen molar-refractivity contribution in [3.05, 3.63) is 96.0 Å². The Morgan fingerprint density at radius 3 is 2.55 bits per heavy atom. The van der Waals surface area contributed by atoms with Gasteiger partial charge in [-0.25, -0.2) is 9.37 Å². The second-order valence-corrected chi connectivity index (χ2v) is 8.02. The number of imidazole rings is 1. The molecule has 1 atom stereocenters. The van der Waals surface area contributed by atoms with E-state index in [0.717, 1.165) is 22.5 Å². The maximum atomic E-state index is 13.4. The summed E-state index contributed by atoms with van der Waals surface area (Å²) >= 11 is 0. The zero-order valence-electron chi connectivity index (χ0n) is 19.4. The zero-order valence-corrected chi connectivity index (χ0v) is 19.4. The Hall–Kier alpha value is -3.71. The number of methoxy groups -OCH3 is 1. The fourth-order valence-electron chi connectivity index (χ4n) is 3.84. The van der Waals surface area contributed by atoms with Gasteiger partial charge in [-0.05, 0) is 55.3 Å². The maximum Gasteiger partial charge on any atom is 0.224 e. The number of allylic oxidation sites excluding steroid dienone is 1. The minimum atomic E-state index is -0.887. The molecule has 1 heterocycles. The normalized spacial score (nSPS) is 13.0. The van der Waals surface area contributed by atoms with Crippen LogP contribution < -0.4 is 10.5 Å². The van der Waals surface area contributed by atoms with Crippen LogP contribution in [0.2, 0.25) is 0 Å². The molecule has 3 rings (SSSR count). The van der Waals surface area contributed by atoms with Crippen molar-refractivity contribution in [2.75, 3.05) is 13.7 Å². The third-order valence-electron chi connectivity index (χ3n) is 5.62. The summed E-state index contributed by atoms with van der Waals surface area (Å²) in [4.78, 5) is 18.4. The predicted octanol–water partition coefficient (Wildman–Crippen LogP) is 4.58. The van der Waals surface area contributed by atoms with E-state index in [1.165, 1.54) is 24.0 Å². The molecule has 2 aromatic carbocycles. The van der Waals surface area contributed by atoms with E-state index in [1.807, 2.05) is 48.9 Å². The highest BCUT2D eigenvalue weighted by molar-refractivity contribution is 5.78. The smallest absolute Gasteiger partial charge is 0.224 e. The molecule has 0 spiro atoms. The van der Waals surface area contributed by atoms with Crippen LogP contribution in [0.5, 0.6) is 5.75 Å². The Kier molecular flexibility index (Phi) is 7.13. The van der Waals surface area contributed by atoms with Crippen molar-refractivity contribution in [1.29, 1.82) is 0 Å². The van der Waals surface area contributed by atoms with Gasteiger partial charge in [0.2, 0.25) is 5.91 Å². The summed E-state index contributed by atoms with van der Waals surface area (Å²) in [6.45, 7) is 9.46. The Labute approximate surface area is 193 Å². The van der Waals surface area contributed by atoms with Gasteiger partial charge >= 0.3 is 0 Å². The van der Waals surface area contributed by atoms with E-state index in [9.17, 15) is 9.18 Å². The first kappa shape index (κ1) is 23.9. The van der Waals surface area contributed by atoms with Crippen LogP contribution in [0.4, 0.5) is 4.39 Å². The summed E-state index contributed by atoms with van der Waals surface area (Å²) in [5.41, 5.74) is 9.04. The summed E-state index contributed by atoms with van der Waals surface area (Å²) in [6, 6.07) is 11.8. The molecule has 0 aliphatic carbocycles. The molecular formula is C26H29FN4O2. The van der Waals surface area contributed by atoms with Gasteiger partial charge in [-0.2, -0.15) is 0 Å². The number of aromatic nitrogens is 2. The van der Waals surface area contributed by atoms with Crippen LogP contribution in [-0.4, -0.2) is 34.0 Å². The molecule has 33 heavy (non-hydrogen) atoms. The van der Waals surface area contributed by atoms with Crippen molar-refractivity contribution in [3.8, 4) is 11.4 Å². The molecule has 0 bridgehead atoms. The van der Waals surface area contributed by atoms with Crippen LogP contribution in [0, 0.1) is 12.7 Å². The highest BCUT2D eigenvalue weighted by Gasteiger charge is 2.35. The van der Waals surface area contributed by atoms with E-state index < -0.39 is 5.54 Å². The van der Waals surface area contributed by atoms with Gasteiger partial charge < -0.3 is 19.9 Å². The van der Waals surface area contributed by atoms with E-state index in [1.54, 1.807) is 31.6 Å². The molecule has 1 amide bonds. The van der Waals surface area contributed by atoms with Gasteiger partial charge in [0, 0.05) is 25.4 Å². The molecule has 172 valence electrons. The van der Waals surface area contributed by atoms with Crippen molar-refractivity contribution < 1.29 is 13.9 Å². The molecule has 1 unspecified atom stereocenters. The topological polar surface area (TPSA) is 73.4 Å². The average Bonchev–Trinajstić information content (AvgIpc) is 3.23. The maximum absolute atomic E-state index is 13.4. The van der Waals surface area contributed by atoms with Crippen molar-refractivity contribution >= 4 is 12.0 Å². The molecule has 1 aromatic heterocycles. The van der Waals surface area contributed by atoms with Crippen LogP contribution in [0.25, 0.3) is 11.8 Å². The molecule has 7 heteroatoms. The number of amides is 1. The third kappa shape index (κ3) is 5.04. The fourth-order valence-corrected chi connectivity index (χ4v) is 3.84. The summed E-state index contributed by atoms with van der Waals surface area (Å²) in [5.74, 6) is 0.112. The molecule has 2 N–H and O–H groups in total. The van der Waals surface area contributed by atoms with Crippen LogP contribution in [-0.2, 0) is 10.3 Å². The van der Waals surface area contributed by atoms with Gasteiger partial charge in [0.05, 0.1) is 30.4 Å². The number of halogens is 1. The van der Waals surface area contributed by atoms with Gasteiger partial charge in [0.1, 0.15) is 11.6 Å². The molecule has 0 saturated heterocycles. The SMILES string of the molecule is C=C(/C=C/c1ccc(-n2cnc(C)c2)c(OC)c1)N(C(C)=O)C(C)(CN)c1ccc(F)cc1. The Bertz CT molecular complexity index is 1180. The second kappa shape index (κ2) is 9.83. The lowest BCUT2D eigenvalue weighted by molar-refractivity contribution is -0.131. The minimum absolute atomic E-state index is 0.137. The zero-order chi connectivity index (χ0) is 24.2. The number of aryl methyl sites for hydroxylation is 1. The van der Waals surface area contributed by atoms with Gasteiger partial charge in [-0.1, -0.05) is 30.9 Å². The molecule has 0 radical (unpaired) electrons. The van der Waals surface area contributed by atoms with Crippen molar-refractivity contribution in [2.45, 2.75) is 26.3 Å². The summed E-state index contributed by atoms with van der Waals surface area (Å²) in [6.07, 6.45) is 7.27. The lowest BCUT2D eigenvalue weighted by atomic mass is 9.89. The van der Waals surface area contributed by atoms with Crippen LogP contribution >= 0.6 is 0 Å². The van der Waals surface area contributed by atoms with Gasteiger partial charge in [-0.3, -0.25) is 4.79 Å². The summed E-state index contributed by atoms with van der Waals surface area (Å²) in [5, 5.41) is 0. The molecule has 0 fully saturated rings. The van der Waals surface area contributed by atoms with Crippen LogP contribution in [0.3, 0.4) is 0 Å². The Balaban J connectivity index is 1.90. The second-order valence-electron chi connectivity index (χ2n) is 8.02. The van der Waals surface area contributed by atoms with E-state index in [-0.39, 0.29) is 18.3 Å². The Morgan fingerprint density at radius 2 is 2.00 bits per heavy atom. The number of carbonyl (C=O) groups is 1. The van der Waals surface area contributed by atoms with Crippen LogP contribution in [0.15, 0.2) is 73.3 Å². The number of hydrogen-bond acceptors (Lipinski definition) is 4. The highest BCUT2D eigenvalue weighted by atomic mass is 19.1. The van der Waals surface area contributed by atoms with E-state index in [4.69, 9.17) is 10.5 Å².